The Labute approximate surface area is 133 Å². The van der Waals surface area contributed by atoms with Gasteiger partial charge in [-0.25, -0.2) is 4.79 Å². The van der Waals surface area contributed by atoms with Gasteiger partial charge in [-0.3, -0.25) is 9.59 Å². The van der Waals surface area contributed by atoms with Crippen LogP contribution in [-0.4, -0.2) is 31.1 Å². The van der Waals surface area contributed by atoms with Crippen molar-refractivity contribution in [1.29, 1.82) is 0 Å². The van der Waals surface area contributed by atoms with Gasteiger partial charge in [0.05, 0.1) is 12.2 Å². The molecule has 0 unspecified atom stereocenters. The number of esters is 2. The summed E-state index contributed by atoms with van der Waals surface area (Å²) >= 11 is 1.29. The Morgan fingerprint density at radius 1 is 1.14 bits per heavy atom. The van der Waals surface area contributed by atoms with Crippen molar-refractivity contribution in [1.82, 2.24) is 0 Å². The van der Waals surface area contributed by atoms with E-state index in [9.17, 15) is 14.4 Å². The van der Waals surface area contributed by atoms with Crippen molar-refractivity contribution < 1.29 is 23.9 Å². The summed E-state index contributed by atoms with van der Waals surface area (Å²) in [5.74, 6) is -1.36. The maximum absolute atomic E-state index is 12.0. The first-order valence-corrected chi connectivity index (χ1v) is 7.94. The van der Waals surface area contributed by atoms with E-state index in [1.807, 2.05) is 13.8 Å². The molecular formula is C15H21NO5S. The number of carbonyl (C=O) groups excluding carboxylic acids is 3. The molecule has 0 radical (unpaired) electrons. The number of thiophene rings is 1. The lowest BCUT2D eigenvalue weighted by atomic mass is 10.1. The van der Waals surface area contributed by atoms with E-state index in [1.54, 1.807) is 13.8 Å². The van der Waals surface area contributed by atoms with Gasteiger partial charge < -0.3 is 14.8 Å². The van der Waals surface area contributed by atoms with Crippen LogP contribution in [0.4, 0.5) is 5.00 Å². The first-order valence-electron chi connectivity index (χ1n) is 7.13. The summed E-state index contributed by atoms with van der Waals surface area (Å²) in [6, 6.07) is 0. The van der Waals surface area contributed by atoms with Crippen LogP contribution in [0.15, 0.2) is 0 Å². The van der Waals surface area contributed by atoms with Crippen LogP contribution in [0, 0.1) is 13.8 Å². The standard InChI is InChI=1S/C15H21NO5S/c1-5-7-12(18)21-8-11(17)16-14-13(15(19)20-6-2)9(3)10(4)22-14/h5-8H2,1-4H3,(H,16,17). The molecule has 6 nitrogen and oxygen atoms in total. The number of hydrogen-bond donors (Lipinski definition) is 1. The Morgan fingerprint density at radius 2 is 1.82 bits per heavy atom. The van der Waals surface area contributed by atoms with Crippen molar-refractivity contribution in [3.8, 4) is 0 Å². The summed E-state index contributed by atoms with van der Waals surface area (Å²) in [5, 5.41) is 3.03. The zero-order valence-electron chi connectivity index (χ0n) is 13.3. The Balaban J connectivity index is 2.76. The Kier molecular flexibility index (Phi) is 7.04. The normalized spacial score (nSPS) is 10.2. The summed E-state index contributed by atoms with van der Waals surface area (Å²) in [7, 11) is 0. The molecule has 0 aliphatic heterocycles. The lowest BCUT2D eigenvalue weighted by Gasteiger charge is -2.07. The largest absolute Gasteiger partial charge is 0.462 e. The van der Waals surface area contributed by atoms with Crippen molar-refractivity contribution in [3.05, 3.63) is 16.0 Å². The third kappa shape index (κ3) is 4.84. The zero-order valence-corrected chi connectivity index (χ0v) is 14.1. The number of carbonyl (C=O) groups is 3. The number of anilines is 1. The SMILES string of the molecule is CCCC(=O)OCC(=O)Nc1sc(C)c(C)c1C(=O)OCC. The molecule has 122 valence electrons. The van der Waals surface area contributed by atoms with Gasteiger partial charge in [0, 0.05) is 11.3 Å². The highest BCUT2D eigenvalue weighted by Crippen LogP contribution is 2.32. The van der Waals surface area contributed by atoms with Gasteiger partial charge in [0.25, 0.3) is 5.91 Å². The van der Waals surface area contributed by atoms with E-state index in [-0.39, 0.29) is 19.6 Å². The maximum Gasteiger partial charge on any atom is 0.341 e. The molecule has 0 aliphatic rings. The summed E-state index contributed by atoms with van der Waals surface area (Å²) in [5.41, 5.74) is 1.14. The highest BCUT2D eigenvalue weighted by Gasteiger charge is 2.22. The van der Waals surface area contributed by atoms with E-state index >= 15 is 0 Å². The molecule has 0 aliphatic carbocycles. The van der Waals surface area contributed by atoms with Crippen LogP contribution < -0.4 is 5.32 Å². The van der Waals surface area contributed by atoms with Crippen LogP contribution in [-0.2, 0) is 19.1 Å². The Bertz CT molecular complexity index is 565. The summed E-state index contributed by atoms with van der Waals surface area (Å²) in [6.45, 7) is 7.13. The Morgan fingerprint density at radius 3 is 2.41 bits per heavy atom. The van der Waals surface area contributed by atoms with Gasteiger partial charge in [0.15, 0.2) is 6.61 Å². The van der Waals surface area contributed by atoms with Gasteiger partial charge >= 0.3 is 11.9 Å². The van der Waals surface area contributed by atoms with Crippen LogP contribution in [0.25, 0.3) is 0 Å². The van der Waals surface area contributed by atoms with E-state index in [0.717, 1.165) is 10.4 Å². The van der Waals surface area contributed by atoms with Gasteiger partial charge in [-0.2, -0.15) is 0 Å². The van der Waals surface area contributed by atoms with Crippen molar-refractivity contribution in [3.63, 3.8) is 0 Å². The highest BCUT2D eigenvalue weighted by atomic mass is 32.1. The minimum atomic E-state index is -0.476. The fourth-order valence-electron chi connectivity index (χ4n) is 1.75. The van der Waals surface area contributed by atoms with Crippen molar-refractivity contribution in [2.24, 2.45) is 0 Å². The predicted octanol–water partition coefficient (Wildman–Crippen LogP) is 2.82. The number of ether oxygens (including phenoxy) is 2. The van der Waals surface area contributed by atoms with Crippen molar-refractivity contribution in [2.45, 2.75) is 40.5 Å². The topological polar surface area (TPSA) is 81.7 Å². The molecule has 1 aromatic rings. The van der Waals surface area contributed by atoms with Gasteiger partial charge in [-0.05, 0) is 32.8 Å². The number of rotatable bonds is 7. The second-order valence-electron chi connectivity index (χ2n) is 4.67. The smallest absolute Gasteiger partial charge is 0.341 e. The van der Waals surface area contributed by atoms with Crippen LogP contribution >= 0.6 is 11.3 Å². The summed E-state index contributed by atoms with van der Waals surface area (Å²) < 4.78 is 9.84. The number of amides is 1. The second kappa shape index (κ2) is 8.53. The van der Waals surface area contributed by atoms with E-state index in [0.29, 0.717) is 17.0 Å². The molecule has 0 aromatic carbocycles. The quantitative estimate of drug-likeness (QED) is 0.779. The third-order valence-corrected chi connectivity index (χ3v) is 4.06. The second-order valence-corrected chi connectivity index (χ2v) is 5.89. The van der Waals surface area contributed by atoms with Crippen LogP contribution in [0.5, 0.6) is 0 Å². The summed E-state index contributed by atoms with van der Waals surface area (Å²) in [4.78, 5) is 36.0. The Hall–Kier alpha value is -1.89. The minimum Gasteiger partial charge on any atom is -0.462 e. The van der Waals surface area contributed by atoms with Gasteiger partial charge in [-0.1, -0.05) is 6.92 Å². The molecule has 1 N–H and O–H groups in total. The first kappa shape index (κ1) is 18.2. The minimum absolute atomic E-state index is 0.259. The molecule has 0 atom stereocenters. The van der Waals surface area contributed by atoms with Gasteiger partial charge in [0.1, 0.15) is 5.00 Å². The first-order chi connectivity index (χ1) is 10.4. The van der Waals surface area contributed by atoms with Gasteiger partial charge in [0.2, 0.25) is 0 Å². The summed E-state index contributed by atoms with van der Waals surface area (Å²) in [6.07, 6.45) is 0.940. The van der Waals surface area contributed by atoms with E-state index in [2.05, 4.69) is 5.32 Å². The maximum atomic E-state index is 12.0. The van der Waals surface area contributed by atoms with Crippen LogP contribution in [0.2, 0.25) is 0 Å². The lowest BCUT2D eigenvalue weighted by molar-refractivity contribution is -0.147. The van der Waals surface area contributed by atoms with E-state index < -0.39 is 17.8 Å². The number of nitrogens with one attached hydrogen (secondary N) is 1. The average Bonchev–Trinajstić information content (AvgIpc) is 2.72. The van der Waals surface area contributed by atoms with Gasteiger partial charge in [-0.15, -0.1) is 11.3 Å². The van der Waals surface area contributed by atoms with Crippen molar-refractivity contribution >= 4 is 34.2 Å². The molecule has 0 spiro atoms. The fourth-order valence-corrected chi connectivity index (χ4v) is 2.81. The molecule has 7 heteroatoms. The lowest BCUT2D eigenvalue weighted by Crippen LogP contribution is -2.21. The van der Waals surface area contributed by atoms with Crippen molar-refractivity contribution in [2.75, 3.05) is 18.5 Å². The zero-order chi connectivity index (χ0) is 16.7. The van der Waals surface area contributed by atoms with Crippen LogP contribution in [0.1, 0.15) is 47.5 Å². The molecule has 22 heavy (non-hydrogen) atoms. The highest BCUT2D eigenvalue weighted by molar-refractivity contribution is 7.16. The molecule has 0 saturated heterocycles. The molecule has 1 aromatic heterocycles. The molecule has 0 fully saturated rings. The molecule has 1 amide bonds. The molecule has 0 saturated carbocycles. The fraction of sp³-hybridized carbons (Fsp3) is 0.533. The molecule has 1 rings (SSSR count). The number of hydrogen-bond acceptors (Lipinski definition) is 6. The van der Waals surface area contributed by atoms with E-state index in [4.69, 9.17) is 9.47 Å². The monoisotopic (exact) mass is 327 g/mol. The predicted molar refractivity (Wildman–Crippen MR) is 84.2 cm³/mol. The van der Waals surface area contributed by atoms with Crippen LogP contribution in [0.3, 0.4) is 0 Å². The molecular weight excluding hydrogens is 306 g/mol. The van der Waals surface area contributed by atoms with E-state index in [1.165, 1.54) is 11.3 Å². The molecule has 0 bridgehead atoms. The number of aryl methyl sites for hydroxylation is 1. The molecule has 1 heterocycles. The third-order valence-electron chi connectivity index (χ3n) is 2.94. The average molecular weight is 327 g/mol.